The number of carbonyl (C=O) groups is 1. The fraction of sp³-hybridized carbons (Fsp3) is 0.333. The van der Waals surface area contributed by atoms with Crippen molar-refractivity contribution in [3.8, 4) is 6.07 Å². The molecule has 25 heavy (non-hydrogen) atoms. The van der Waals surface area contributed by atoms with Gasteiger partial charge in [0, 0.05) is 18.5 Å². The first kappa shape index (κ1) is 17.2. The van der Waals surface area contributed by atoms with Crippen molar-refractivity contribution in [2.45, 2.75) is 18.7 Å². The summed E-state index contributed by atoms with van der Waals surface area (Å²) in [5.74, 6) is -0.613. The third-order valence-electron chi connectivity index (χ3n) is 4.41. The predicted molar refractivity (Wildman–Crippen MR) is 95.5 cm³/mol. The second-order valence-corrected chi connectivity index (χ2v) is 7.94. The molecule has 1 atom stereocenters. The van der Waals surface area contributed by atoms with Crippen LogP contribution in [0.4, 0.5) is 5.69 Å². The van der Waals surface area contributed by atoms with E-state index in [1.54, 1.807) is 31.2 Å². The molecule has 1 unspecified atom stereocenters. The smallest absolute Gasteiger partial charge is 0.265 e. The number of nitrogens with zero attached hydrogens (tertiary/aromatic N) is 3. The Hall–Kier alpha value is -2.59. The summed E-state index contributed by atoms with van der Waals surface area (Å²) in [5, 5.41) is 10.4. The van der Waals surface area contributed by atoms with Gasteiger partial charge in [-0.05, 0) is 31.4 Å². The molecule has 1 aliphatic heterocycles. The first-order valence-corrected chi connectivity index (χ1v) is 9.56. The molecular weight excluding hydrogens is 338 g/mol. The van der Waals surface area contributed by atoms with Gasteiger partial charge in [-0.25, -0.2) is 8.42 Å². The third-order valence-corrected chi connectivity index (χ3v) is 6.21. The van der Waals surface area contributed by atoms with Crippen molar-refractivity contribution in [2.75, 3.05) is 23.9 Å². The van der Waals surface area contributed by atoms with Crippen LogP contribution in [0, 0.1) is 17.2 Å². The van der Waals surface area contributed by atoms with E-state index in [2.05, 4.69) is 6.07 Å². The average molecular weight is 357 g/mol. The summed E-state index contributed by atoms with van der Waals surface area (Å²) in [6.07, 6.45) is 0. The van der Waals surface area contributed by atoms with E-state index in [1.807, 2.05) is 19.1 Å². The van der Waals surface area contributed by atoms with Crippen LogP contribution in [-0.4, -0.2) is 38.9 Å². The van der Waals surface area contributed by atoms with E-state index in [9.17, 15) is 13.2 Å². The number of carbonyl (C=O) groups excluding carboxylic acids is 1. The quantitative estimate of drug-likeness (QED) is 0.822. The lowest BCUT2D eigenvalue weighted by Gasteiger charge is -2.25. The van der Waals surface area contributed by atoms with Gasteiger partial charge in [-0.2, -0.15) is 5.26 Å². The third kappa shape index (κ3) is 2.83. The highest BCUT2D eigenvalue weighted by atomic mass is 32.2. The van der Waals surface area contributed by atoms with Crippen LogP contribution in [0.3, 0.4) is 0 Å². The minimum Gasteiger partial charge on any atom is -0.340 e. The van der Waals surface area contributed by atoms with Crippen LogP contribution in [0.25, 0.3) is 10.8 Å². The first-order chi connectivity index (χ1) is 11.9. The number of rotatable bonds is 5. The van der Waals surface area contributed by atoms with Crippen molar-refractivity contribution >= 4 is 32.4 Å². The van der Waals surface area contributed by atoms with Crippen LogP contribution in [0.1, 0.15) is 13.8 Å². The van der Waals surface area contributed by atoms with Gasteiger partial charge in [0.2, 0.25) is 5.91 Å². The number of sulfonamides is 1. The predicted octanol–water partition coefficient (Wildman–Crippen LogP) is 2.36. The monoisotopic (exact) mass is 357 g/mol. The molecule has 3 rings (SSSR count). The van der Waals surface area contributed by atoms with Gasteiger partial charge in [-0.15, -0.1) is 0 Å². The topological polar surface area (TPSA) is 81.5 Å². The van der Waals surface area contributed by atoms with Crippen molar-refractivity contribution in [1.82, 2.24) is 4.90 Å². The molecule has 6 nitrogen and oxygen atoms in total. The Morgan fingerprint density at radius 1 is 1.28 bits per heavy atom. The lowest BCUT2D eigenvalue weighted by atomic mass is 10.1. The summed E-state index contributed by atoms with van der Waals surface area (Å²) >= 11 is 0. The highest BCUT2D eigenvalue weighted by Crippen LogP contribution is 2.41. The molecular formula is C18H19N3O3S. The minimum atomic E-state index is -3.75. The zero-order valence-corrected chi connectivity index (χ0v) is 15.0. The van der Waals surface area contributed by atoms with Crippen LogP contribution in [0.5, 0.6) is 0 Å². The molecule has 0 saturated carbocycles. The van der Waals surface area contributed by atoms with E-state index in [1.165, 1.54) is 9.21 Å². The molecule has 1 heterocycles. The average Bonchev–Trinajstić information content (AvgIpc) is 2.82. The second kappa shape index (κ2) is 6.37. The summed E-state index contributed by atoms with van der Waals surface area (Å²) in [4.78, 5) is 14.4. The minimum absolute atomic E-state index is 0.238. The Bertz CT molecular complexity index is 973. The normalized spacial score (nSPS) is 15.8. The molecule has 7 heteroatoms. The number of anilines is 1. The molecule has 0 radical (unpaired) electrons. The molecule has 1 aliphatic rings. The van der Waals surface area contributed by atoms with Gasteiger partial charge in [-0.3, -0.25) is 9.10 Å². The van der Waals surface area contributed by atoms with E-state index >= 15 is 0 Å². The summed E-state index contributed by atoms with van der Waals surface area (Å²) in [6, 6.07) is 12.6. The molecule has 0 aliphatic carbocycles. The molecule has 2 aromatic rings. The van der Waals surface area contributed by atoms with Crippen molar-refractivity contribution in [1.29, 1.82) is 5.26 Å². The molecule has 0 spiro atoms. The fourth-order valence-electron chi connectivity index (χ4n) is 3.13. The zero-order valence-electron chi connectivity index (χ0n) is 14.1. The maximum absolute atomic E-state index is 12.9. The summed E-state index contributed by atoms with van der Waals surface area (Å²) in [6.45, 7) is 4.00. The summed E-state index contributed by atoms with van der Waals surface area (Å²) < 4.78 is 27.0. The molecule has 130 valence electrons. The first-order valence-electron chi connectivity index (χ1n) is 8.12. The maximum atomic E-state index is 12.9. The maximum Gasteiger partial charge on any atom is 0.265 e. The van der Waals surface area contributed by atoms with E-state index in [0.717, 1.165) is 5.39 Å². The van der Waals surface area contributed by atoms with Crippen molar-refractivity contribution in [3.05, 3.63) is 36.4 Å². The number of likely N-dealkylation sites (N-methyl/N-ethyl adjacent to an activating group) is 1. The zero-order chi connectivity index (χ0) is 18.2. The van der Waals surface area contributed by atoms with Crippen LogP contribution >= 0.6 is 0 Å². The number of hydrogen-bond acceptors (Lipinski definition) is 4. The SMILES string of the molecule is CCN(CC(C)C#N)C(=O)CN1c2cccc3cccc(c23)S1(=O)=O. The van der Waals surface area contributed by atoms with Crippen LogP contribution in [0.2, 0.25) is 0 Å². The fourth-order valence-corrected chi connectivity index (χ4v) is 4.79. The van der Waals surface area contributed by atoms with Crippen LogP contribution in [0.15, 0.2) is 41.3 Å². The Morgan fingerprint density at radius 3 is 2.60 bits per heavy atom. The highest BCUT2D eigenvalue weighted by molar-refractivity contribution is 7.93. The number of amides is 1. The van der Waals surface area contributed by atoms with Gasteiger partial charge in [0.1, 0.15) is 6.54 Å². The lowest BCUT2D eigenvalue weighted by Crippen LogP contribution is -2.43. The van der Waals surface area contributed by atoms with Gasteiger partial charge in [0.15, 0.2) is 0 Å². The van der Waals surface area contributed by atoms with E-state index in [4.69, 9.17) is 5.26 Å². The van der Waals surface area contributed by atoms with Crippen molar-refractivity contribution in [3.63, 3.8) is 0 Å². The molecule has 0 aromatic heterocycles. The molecule has 0 N–H and O–H groups in total. The number of benzene rings is 2. The van der Waals surface area contributed by atoms with Crippen LogP contribution < -0.4 is 4.31 Å². The summed E-state index contributed by atoms with van der Waals surface area (Å²) in [5.41, 5.74) is 0.533. The number of hydrogen-bond donors (Lipinski definition) is 0. The van der Waals surface area contributed by atoms with Crippen molar-refractivity contribution in [2.24, 2.45) is 5.92 Å². The molecule has 2 aromatic carbocycles. The molecule has 0 saturated heterocycles. The largest absolute Gasteiger partial charge is 0.340 e. The van der Waals surface area contributed by atoms with Gasteiger partial charge >= 0.3 is 0 Å². The Kier molecular flexibility index (Phi) is 4.39. The summed E-state index contributed by atoms with van der Waals surface area (Å²) in [7, 11) is -3.75. The molecule has 1 amide bonds. The second-order valence-electron chi connectivity index (χ2n) is 6.11. The van der Waals surface area contributed by atoms with Gasteiger partial charge in [-0.1, -0.05) is 24.3 Å². The standard InChI is InChI=1S/C18H19N3O3S/c1-3-20(11-13(2)10-19)17(22)12-21-15-8-4-6-14-7-5-9-16(18(14)15)25(21,23)24/h4-9,13H,3,11-12H2,1-2H3. The Balaban J connectivity index is 1.95. The highest BCUT2D eigenvalue weighted by Gasteiger charge is 2.37. The Morgan fingerprint density at radius 2 is 1.96 bits per heavy atom. The van der Waals surface area contributed by atoms with E-state index in [-0.39, 0.29) is 29.8 Å². The lowest BCUT2D eigenvalue weighted by molar-refractivity contribution is -0.129. The number of nitriles is 1. The van der Waals surface area contributed by atoms with Gasteiger partial charge < -0.3 is 4.90 Å². The van der Waals surface area contributed by atoms with Gasteiger partial charge in [0.05, 0.1) is 22.6 Å². The van der Waals surface area contributed by atoms with E-state index < -0.39 is 10.0 Å². The van der Waals surface area contributed by atoms with Crippen LogP contribution in [-0.2, 0) is 14.8 Å². The molecule has 0 bridgehead atoms. The van der Waals surface area contributed by atoms with E-state index in [0.29, 0.717) is 17.6 Å². The Labute approximate surface area is 147 Å². The van der Waals surface area contributed by atoms with Gasteiger partial charge in [0.25, 0.3) is 10.0 Å². The molecule has 0 fully saturated rings. The van der Waals surface area contributed by atoms with Crippen molar-refractivity contribution < 1.29 is 13.2 Å².